The number of nitrogens with two attached hydrogens (primary N) is 1. The molecule has 1 unspecified atom stereocenters. The highest BCUT2D eigenvalue weighted by Gasteiger charge is 2.06. The van der Waals surface area contributed by atoms with E-state index in [1.165, 1.54) is 5.56 Å². The summed E-state index contributed by atoms with van der Waals surface area (Å²) in [6.45, 7) is 2.66. The number of hydrogen-bond donors (Lipinski definition) is 2. The highest BCUT2D eigenvalue weighted by atomic mass is 16.5. The summed E-state index contributed by atoms with van der Waals surface area (Å²) in [7, 11) is 1.72. The average Bonchev–Trinajstić information content (AvgIpc) is 2.87. The van der Waals surface area contributed by atoms with Gasteiger partial charge in [0.15, 0.2) is 0 Å². The molecule has 3 N–H and O–H groups in total. The van der Waals surface area contributed by atoms with Crippen LogP contribution in [0.25, 0.3) is 11.3 Å². The van der Waals surface area contributed by atoms with E-state index >= 15 is 0 Å². The van der Waals surface area contributed by atoms with Gasteiger partial charge in [-0.1, -0.05) is 24.3 Å². The zero-order chi connectivity index (χ0) is 13.0. The van der Waals surface area contributed by atoms with Gasteiger partial charge in [-0.15, -0.1) is 0 Å². The number of ether oxygens (including phenoxy) is 1. The third-order valence-electron chi connectivity index (χ3n) is 2.89. The zero-order valence-corrected chi connectivity index (χ0v) is 10.8. The zero-order valence-electron chi connectivity index (χ0n) is 10.8. The Kier molecular flexibility index (Phi) is 4.12. The Hall–Kier alpha value is -1.65. The number of methoxy groups -OCH3 is 1. The maximum atomic E-state index is 5.78. The molecule has 2 rings (SSSR count). The van der Waals surface area contributed by atoms with Crippen LogP contribution >= 0.6 is 0 Å². The molecule has 0 aliphatic rings. The second kappa shape index (κ2) is 5.80. The van der Waals surface area contributed by atoms with E-state index in [1.54, 1.807) is 7.11 Å². The van der Waals surface area contributed by atoms with Crippen LogP contribution in [0.4, 0.5) is 0 Å². The van der Waals surface area contributed by atoms with Crippen molar-refractivity contribution in [3.63, 3.8) is 0 Å². The molecule has 0 bridgehead atoms. The molecule has 0 amide bonds. The Balaban J connectivity index is 2.12. The lowest BCUT2D eigenvalue weighted by atomic mass is 10.1. The molecule has 0 saturated heterocycles. The summed E-state index contributed by atoms with van der Waals surface area (Å²) < 4.78 is 5.06. The number of aromatic amines is 1. The fourth-order valence-corrected chi connectivity index (χ4v) is 1.79. The summed E-state index contributed by atoms with van der Waals surface area (Å²) in [6.07, 6.45) is 2.76. The summed E-state index contributed by atoms with van der Waals surface area (Å²) >= 11 is 0. The van der Waals surface area contributed by atoms with E-state index in [0.29, 0.717) is 0 Å². The summed E-state index contributed by atoms with van der Waals surface area (Å²) in [5.41, 5.74) is 9.17. The number of rotatable bonds is 5. The second-order valence-corrected chi connectivity index (χ2v) is 4.41. The third-order valence-corrected chi connectivity index (χ3v) is 2.89. The van der Waals surface area contributed by atoms with Gasteiger partial charge in [-0.25, -0.2) is 4.98 Å². The minimum absolute atomic E-state index is 0.0697. The van der Waals surface area contributed by atoms with E-state index < -0.39 is 0 Å². The van der Waals surface area contributed by atoms with Crippen molar-refractivity contribution in [2.24, 2.45) is 5.73 Å². The SMILES string of the molecule is COCCc1ccc(-c2cnc(C(C)N)[nH]2)cc1. The van der Waals surface area contributed by atoms with E-state index in [2.05, 4.69) is 34.2 Å². The quantitative estimate of drug-likeness (QED) is 0.849. The first-order valence-electron chi connectivity index (χ1n) is 6.09. The predicted molar refractivity (Wildman–Crippen MR) is 72.2 cm³/mol. The molecular formula is C14H19N3O. The van der Waals surface area contributed by atoms with Crippen LogP contribution < -0.4 is 5.73 Å². The topological polar surface area (TPSA) is 63.9 Å². The molecule has 0 aliphatic heterocycles. The molecule has 0 saturated carbocycles. The Bertz CT molecular complexity index is 488. The normalized spacial score (nSPS) is 12.6. The summed E-state index contributed by atoms with van der Waals surface area (Å²) in [5.74, 6) is 0.813. The third kappa shape index (κ3) is 2.97. The first-order valence-corrected chi connectivity index (χ1v) is 6.09. The van der Waals surface area contributed by atoms with E-state index in [9.17, 15) is 0 Å². The van der Waals surface area contributed by atoms with Gasteiger partial charge in [0.05, 0.1) is 24.5 Å². The molecule has 1 heterocycles. The Morgan fingerprint density at radius 2 is 2.06 bits per heavy atom. The fraction of sp³-hybridized carbons (Fsp3) is 0.357. The predicted octanol–water partition coefficient (Wildman–Crippen LogP) is 2.29. The van der Waals surface area contributed by atoms with E-state index in [1.807, 2.05) is 13.1 Å². The Labute approximate surface area is 107 Å². The van der Waals surface area contributed by atoms with Crippen molar-refractivity contribution in [2.45, 2.75) is 19.4 Å². The summed E-state index contributed by atoms with van der Waals surface area (Å²) in [4.78, 5) is 7.49. The van der Waals surface area contributed by atoms with Crippen molar-refractivity contribution in [2.75, 3.05) is 13.7 Å². The Morgan fingerprint density at radius 1 is 1.33 bits per heavy atom. The highest BCUT2D eigenvalue weighted by molar-refractivity contribution is 5.58. The summed E-state index contributed by atoms with van der Waals surface area (Å²) in [5, 5.41) is 0. The van der Waals surface area contributed by atoms with Crippen LogP contribution in [0, 0.1) is 0 Å². The molecule has 0 aliphatic carbocycles. The fourth-order valence-electron chi connectivity index (χ4n) is 1.79. The van der Waals surface area contributed by atoms with E-state index in [0.717, 1.165) is 30.1 Å². The molecule has 2 aromatic rings. The van der Waals surface area contributed by atoms with Crippen molar-refractivity contribution < 1.29 is 4.74 Å². The minimum atomic E-state index is -0.0697. The molecule has 1 aromatic carbocycles. The smallest absolute Gasteiger partial charge is 0.123 e. The molecule has 1 atom stereocenters. The number of H-pyrrole nitrogens is 1. The van der Waals surface area contributed by atoms with Crippen LogP contribution in [0.15, 0.2) is 30.5 Å². The largest absolute Gasteiger partial charge is 0.384 e. The van der Waals surface area contributed by atoms with Gasteiger partial charge in [-0.2, -0.15) is 0 Å². The molecule has 18 heavy (non-hydrogen) atoms. The molecule has 0 fully saturated rings. The standard InChI is InChI=1S/C14H19N3O/c1-10(15)14-16-9-13(17-14)12-5-3-11(4-6-12)7-8-18-2/h3-6,9-10H,7-8,15H2,1-2H3,(H,16,17). The van der Waals surface area contributed by atoms with Gasteiger partial charge in [-0.3, -0.25) is 0 Å². The number of imidazole rings is 1. The molecule has 4 nitrogen and oxygen atoms in total. The van der Waals surface area contributed by atoms with E-state index in [-0.39, 0.29) is 6.04 Å². The van der Waals surface area contributed by atoms with Crippen molar-refractivity contribution in [3.8, 4) is 11.3 Å². The second-order valence-electron chi connectivity index (χ2n) is 4.41. The number of nitrogens with zero attached hydrogens (tertiary/aromatic N) is 1. The maximum absolute atomic E-state index is 5.78. The van der Waals surface area contributed by atoms with Crippen LogP contribution in [-0.4, -0.2) is 23.7 Å². The van der Waals surface area contributed by atoms with Crippen LogP contribution in [0.5, 0.6) is 0 Å². The molecule has 4 heteroatoms. The van der Waals surface area contributed by atoms with Gasteiger partial charge < -0.3 is 15.5 Å². The minimum Gasteiger partial charge on any atom is -0.384 e. The van der Waals surface area contributed by atoms with Crippen LogP contribution in [0.2, 0.25) is 0 Å². The number of aromatic nitrogens is 2. The molecule has 0 spiro atoms. The lowest BCUT2D eigenvalue weighted by Crippen LogP contribution is -2.06. The van der Waals surface area contributed by atoms with Crippen molar-refractivity contribution in [1.29, 1.82) is 0 Å². The lowest BCUT2D eigenvalue weighted by molar-refractivity contribution is 0.202. The van der Waals surface area contributed by atoms with Crippen molar-refractivity contribution in [3.05, 3.63) is 41.9 Å². The van der Waals surface area contributed by atoms with Gasteiger partial charge in [0.1, 0.15) is 5.82 Å². The van der Waals surface area contributed by atoms with Crippen molar-refractivity contribution >= 4 is 0 Å². The molecule has 96 valence electrons. The van der Waals surface area contributed by atoms with Gasteiger partial charge in [0.25, 0.3) is 0 Å². The van der Waals surface area contributed by atoms with Gasteiger partial charge in [0, 0.05) is 7.11 Å². The van der Waals surface area contributed by atoms with Crippen LogP contribution in [0.1, 0.15) is 24.4 Å². The number of nitrogens with one attached hydrogen (secondary N) is 1. The first kappa shape index (κ1) is 12.8. The summed E-state index contributed by atoms with van der Waals surface area (Å²) in [6, 6.07) is 8.33. The lowest BCUT2D eigenvalue weighted by Gasteiger charge is -2.03. The Morgan fingerprint density at radius 3 is 2.61 bits per heavy atom. The molecule has 0 radical (unpaired) electrons. The van der Waals surface area contributed by atoms with E-state index in [4.69, 9.17) is 10.5 Å². The van der Waals surface area contributed by atoms with Crippen LogP contribution in [-0.2, 0) is 11.2 Å². The van der Waals surface area contributed by atoms with Gasteiger partial charge in [0.2, 0.25) is 0 Å². The number of hydrogen-bond acceptors (Lipinski definition) is 3. The highest BCUT2D eigenvalue weighted by Crippen LogP contribution is 2.19. The number of benzene rings is 1. The van der Waals surface area contributed by atoms with Crippen molar-refractivity contribution in [1.82, 2.24) is 9.97 Å². The average molecular weight is 245 g/mol. The molecular weight excluding hydrogens is 226 g/mol. The maximum Gasteiger partial charge on any atom is 0.123 e. The van der Waals surface area contributed by atoms with Gasteiger partial charge in [-0.05, 0) is 24.5 Å². The monoisotopic (exact) mass is 245 g/mol. The first-order chi connectivity index (χ1) is 8.70. The van der Waals surface area contributed by atoms with Gasteiger partial charge >= 0.3 is 0 Å². The molecule has 1 aromatic heterocycles. The van der Waals surface area contributed by atoms with Crippen LogP contribution in [0.3, 0.4) is 0 Å².